The number of hydrogen-bond donors (Lipinski definition) is 7. The highest BCUT2D eigenvalue weighted by Crippen LogP contribution is 2.25. The molecule has 2 aromatic carbocycles. The number of aromatic nitrogens is 4. The van der Waals surface area contributed by atoms with Crippen LogP contribution in [0, 0.1) is 5.92 Å². The van der Waals surface area contributed by atoms with Crippen LogP contribution in [0.4, 0.5) is 21.1 Å². The van der Waals surface area contributed by atoms with Gasteiger partial charge in [0, 0.05) is 69.1 Å². The maximum absolute atomic E-state index is 13.7. The third-order valence-electron chi connectivity index (χ3n) is 13.1. The minimum Gasteiger partial charge on any atom is -0.496 e. The number of imide groups is 1. The number of anilines is 2. The summed E-state index contributed by atoms with van der Waals surface area (Å²) in [7, 11) is 1.57. The van der Waals surface area contributed by atoms with E-state index in [1.807, 2.05) is 25.1 Å². The van der Waals surface area contributed by atoms with Gasteiger partial charge in [0.1, 0.15) is 30.0 Å². The summed E-state index contributed by atoms with van der Waals surface area (Å²) < 4.78 is 34.9. The van der Waals surface area contributed by atoms with Crippen LogP contribution < -0.4 is 47.9 Å². The Morgan fingerprint density at radius 3 is 2.14 bits per heavy atom. The van der Waals surface area contributed by atoms with Crippen LogP contribution in [0.15, 0.2) is 59.4 Å². The van der Waals surface area contributed by atoms with Gasteiger partial charge in [0.05, 0.1) is 66.4 Å². The van der Waals surface area contributed by atoms with E-state index in [1.165, 1.54) is 16.7 Å². The summed E-state index contributed by atoms with van der Waals surface area (Å²) in [6.07, 6.45) is 4.10. The number of rotatable bonds is 33. The zero-order valence-electron chi connectivity index (χ0n) is 46.3. The van der Waals surface area contributed by atoms with E-state index in [0.29, 0.717) is 73.9 Å². The molecule has 0 bridgehead atoms. The summed E-state index contributed by atoms with van der Waals surface area (Å²) in [4.78, 5) is 117. The number of carbonyl (C=O) groups excluding carboxylic acids is 7. The third kappa shape index (κ3) is 19.3. The summed E-state index contributed by atoms with van der Waals surface area (Å²) in [6, 6.07) is 9.85. The molecule has 27 heteroatoms. The quantitative estimate of drug-likeness (QED) is 0.0264. The Labute approximate surface area is 468 Å². The van der Waals surface area contributed by atoms with Gasteiger partial charge in [-0.3, -0.25) is 38.3 Å². The molecular weight excluding hydrogens is 1050 g/mol. The van der Waals surface area contributed by atoms with Crippen LogP contribution in [-0.4, -0.2) is 181 Å². The number of amides is 8. The molecule has 0 radical (unpaired) electrons. The summed E-state index contributed by atoms with van der Waals surface area (Å²) >= 11 is 0. The number of imidazole rings is 1. The molecule has 2 aliphatic rings. The molecule has 81 heavy (non-hydrogen) atoms. The second-order valence-electron chi connectivity index (χ2n) is 19.5. The largest absolute Gasteiger partial charge is 0.496 e. The zero-order valence-corrected chi connectivity index (χ0v) is 46.3. The minimum atomic E-state index is -1.06. The van der Waals surface area contributed by atoms with Gasteiger partial charge in [0.25, 0.3) is 11.8 Å². The Morgan fingerprint density at radius 2 is 1.47 bits per heavy atom. The number of unbranched alkanes of at least 4 members (excludes halogenated alkanes) is 1. The summed E-state index contributed by atoms with van der Waals surface area (Å²) in [6.45, 7) is 10.3. The molecule has 0 saturated carbocycles. The summed E-state index contributed by atoms with van der Waals surface area (Å²) in [5, 5.41) is 10.8. The number of piperazine rings is 1. The van der Waals surface area contributed by atoms with Crippen molar-refractivity contribution in [2.75, 3.05) is 104 Å². The van der Waals surface area contributed by atoms with Crippen LogP contribution >= 0.6 is 0 Å². The van der Waals surface area contributed by atoms with Crippen molar-refractivity contribution >= 4 is 64.3 Å². The number of ether oxygens (including phenoxy) is 6. The molecule has 2 aliphatic heterocycles. The number of nitrogens with one attached hydrogen (secondary N) is 5. The molecule has 2 atom stereocenters. The van der Waals surface area contributed by atoms with Crippen molar-refractivity contribution in [1.82, 2.24) is 50.2 Å². The molecule has 27 nitrogen and oxygen atoms in total. The highest BCUT2D eigenvalue weighted by atomic mass is 16.6. The molecule has 0 unspecified atom stereocenters. The Kier molecular flexibility index (Phi) is 24.2. The van der Waals surface area contributed by atoms with Crippen LogP contribution in [0.2, 0.25) is 0 Å². The van der Waals surface area contributed by atoms with Crippen molar-refractivity contribution < 1.29 is 62.0 Å². The second-order valence-corrected chi connectivity index (χ2v) is 19.5. The standard InChI is InChI=1S/C54H75N13O14/c1-5-6-24-80-52-62-47(55)46-48(63-52)67(53(74)61-46)33-38-12-9-37(31-41(38)76-4)32-64-19-21-65(22-20-64)54(75)81-34-36-10-13-39(14-11-36)58-49(71)40(8-7-18-57-51(56)73)59-50(72)45(35(2)3)60-42(68)17-25-77-27-29-79-30-28-78-26-23-66-43(69)15-16-44(66)70/h9-16,31,35,40,45H,5-8,17-30,32-34H2,1-4H3,(H,58,71)(H,59,72)(H,60,68)(H,61,74)(H2,55,62,63)(H3,56,57,73)/t40-,45-/m0/s1. The lowest BCUT2D eigenvalue weighted by atomic mass is 10.0. The number of nitrogens with two attached hydrogens (primary N) is 2. The van der Waals surface area contributed by atoms with Crippen molar-refractivity contribution in [3.63, 3.8) is 0 Å². The number of methoxy groups -OCH3 is 1. The van der Waals surface area contributed by atoms with Crippen molar-refractivity contribution in [2.24, 2.45) is 11.7 Å². The van der Waals surface area contributed by atoms with E-state index in [0.717, 1.165) is 28.9 Å². The average Bonchev–Trinajstić information content (AvgIpc) is 4.08. The molecule has 2 aromatic heterocycles. The van der Waals surface area contributed by atoms with Crippen LogP contribution in [0.5, 0.6) is 11.8 Å². The van der Waals surface area contributed by atoms with Gasteiger partial charge in [-0.1, -0.05) is 51.5 Å². The van der Waals surface area contributed by atoms with Crippen LogP contribution in [0.1, 0.15) is 69.6 Å². The van der Waals surface area contributed by atoms with E-state index in [1.54, 1.807) is 50.1 Å². The lowest BCUT2D eigenvalue weighted by molar-refractivity contribution is -0.137. The van der Waals surface area contributed by atoms with Gasteiger partial charge in [-0.25, -0.2) is 14.4 Å². The zero-order chi connectivity index (χ0) is 58.3. The molecule has 8 amide bonds. The number of H-pyrrole nitrogens is 1. The first-order valence-corrected chi connectivity index (χ1v) is 27.0. The number of carbonyl (C=O) groups is 7. The second kappa shape index (κ2) is 31.6. The highest BCUT2D eigenvalue weighted by molar-refractivity contribution is 6.12. The van der Waals surface area contributed by atoms with Crippen LogP contribution in [-0.2, 0) is 62.6 Å². The van der Waals surface area contributed by atoms with E-state index < -0.39 is 47.6 Å². The predicted octanol–water partition coefficient (Wildman–Crippen LogP) is 1.77. The SMILES string of the molecule is CCCCOc1nc(N)c2[nH]c(=O)n(Cc3ccc(CN4CCN(C(=O)OCc5ccc(NC(=O)[C@H](CCCNC(N)=O)NC(=O)[C@@H](NC(=O)CCOCCOCCOCCN6C(=O)C=CC6=O)C(C)C)cc5)CC4)cc3OC)c2n1. The molecule has 4 aromatic rings. The van der Waals surface area contributed by atoms with Crippen molar-refractivity contribution in [3.8, 4) is 11.8 Å². The Balaban J connectivity index is 0.905. The molecule has 4 heterocycles. The van der Waals surface area contributed by atoms with Crippen molar-refractivity contribution in [3.05, 3.63) is 81.8 Å². The number of nitrogen functional groups attached to an aromatic ring is 1. The molecule has 1 fully saturated rings. The lowest BCUT2D eigenvalue weighted by Crippen LogP contribution is -2.54. The van der Waals surface area contributed by atoms with Crippen molar-refractivity contribution in [1.29, 1.82) is 0 Å². The molecule has 0 aliphatic carbocycles. The number of aromatic amines is 1. The average molecular weight is 1130 g/mol. The summed E-state index contributed by atoms with van der Waals surface area (Å²) in [5.41, 5.74) is 14.5. The number of benzene rings is 2. The first-order valence-electron chi connectivity index (χ1n) is 27.0. The molecule has 1 saturated heterocycles. The van der Waals surface area contributed by atoms with E-state index in [4.69, 9.17) is 39.9 Å². The maximum atomic E-state index is 13.7. The number of primary amides is 1. The molecular formula is C54H75N13O14. The van der Waals surface area contributed by atoms with E-state index in [-0.39, 0.29) is 108 Å². The molecule has 440 valence electrons. The fourth-order valence-electron chi connectivity index (χ4n) is 8.58. The van der Waals surface area contributed by atoms with Gasteiger partial charge in [-0.2, -0.15) is 9.97 Å². The Morgan fingerprint density at radius 1 is 0.790 bits per heavy atom. The number of nitrogens with zero attached hydrogens (tertiary/aromatic N) is 6. The molecule has 9 N–H and O–H groups in total. The lowest BCUT2D eigenvalue weighted by Gasteiger charge is -2.34. The van der Waals surface area contributed by atoms with E-state index in [9.17, 15) is 38.4 Å². The van der Waals surface area contributed by atoms with Gasteiger partial charge in [-0.15, -0.1) is 0 Å². The van der Waals surface area contributed by atoms with E-state index in [2.05, 4.69) is 41.1 Å². The van der Waals surface area contributed by atoms with E-state index >= 15 is 0 Å². The smallest absolute Gasteiger partial charge is 0.410 e. The van der Waals surface area contributed by atoms with Crippen molar-refractivity contribution in [2.45, 2.75) is 84.7 Å². The van der Waals surface area contributed by atoms with Crippen LogP contribution in [0.3, 0.4) is 0 Å². The maximum Gasteiger partial charge on any atom is 0.410 e. The topological polar surface area (TPSA) is 348 Å². The number of hydrogen-bond acceptors (Lipinski definition) is 18. The highest BCUT2D eigenvalue weighted by Gasteiger charge is 2.30. The number of fused-ring (bicyclic) bond motifs is 1. The third-order valence-corrected chi connectivity index (χ3v) is 13.1. The Hall–Kier alpha value is -8.14. The van der Waals surface area contributed by atoms with Crippen LogP contribution in [0.25, 0.3) is 11.2 Å². The van der Waals surface area contributed by atoms with Gasteiger partial charge in [-0.05, 0) is 54.5 Å². The van der Waals surface area contributed by atoms with Gasteiger partial charge < -0.3 is 71.0 Å². The normalized spacial score (nSPS) is 14.3. The molecule has 6 rings (SSSR count). The summed E-state index contributed by atoms with van der Waals surface area (Å²) in [5.74, 6) is -1.94. The predicted molar refractivity (Wildman–Crippen MR) is 296 cm³/mol. The molecule has 0 spiro atoms. The van der Waals surface area contributed by atoms with Gasteiger partial charge in [0.15, 0.2) is 11.5 Å². The van der Waals surface area contributed by atoms with Gasteiger partial charge in [0.2, 0.25) is 17.7 Å². The minimum absolute atomic E-state index is 0.0152. The van der Waals surface area contributed by atoms with Gasteiger partial charge >= 0.3 is 23.8 Å². The number of urea groups is 1. The Bertz CT molecular complexity index is 2850. The first-order chi connectivity index (χ1) is 39.0. The fraction of sp³-hybridized carbons (Fsp3) is 0.519. The fourth-order valence-corrected chi connectivity index (χ4v) is 8.58. The first kappa shape index (κ1) is 62.1. The monoisotopic (exact) mass is 1130 g/mol.